The molecule has 0 aromatic heterocycles. The maximum Gasteiger partial charge on any atom is 0.251 e. The van der Waals surface area contributed by atoms with Crippen LogP contribution in [0.3, 0.4) is 0 Å². The van der Waals surface area contributed by atoms with E-state index >= 15 is 0 Å². The van der Waals surface area contributed by atoms with E-state index in [1.54, 1.807) is 7.05 Å². The van der Waals surface area contributed by atoms with Crippen LogP contribution in [0.2, 0.25) is 0 Å². The van der Waals surface area contributed by atoms with E-state index in [1.165, 1.54) is 5.56 Å². The highest BCUT2D eigenvalue weighted by molar-refractivity contribution is 5.94. The van der Waals surface area contributed by atoms with Gasteiger partial charge in [0.05, 0.1) is 12.6 Å². The average Bonchev–Trinajstić information content (AvgIpc) is 2.72. The van der Waals surface area contributed by atoms with Crippen molar-refractivity contribution in [2.24, 2.45) is 4.99 Å². The Morgan fingerprint density at radius 3 is 2.63 bits per heavy atom. The van der Waals surface area contributed by atoms with Gasteiger partial charge in [-0.25, -0.2) is 4.99 Å². The molecule has 0 unspecified atom stereocenters. The SMILES string of the molecule is CCNC(=NCc1ccc(C)cc1OC(C)C)NCCc1cccc(C(=O)NC)c1. The Kier molecular flexibility index (Phi) is 9.19. The number of hydrogen-bond donors (Lipinski definition) is 3. The molecular weight excluding hydrogens is 376 g/mol. The predicted molar refractivity (Wildman–Crippen MR) is 123 cm³/mol. The summed E-state index contributed by atoms with van der Waals surface area (Å²) in [4.78, 5) is 16.5. The van der Waals surface area contributed by atoms with E-state index in [-0.39, 0.29) is 12.0 Å². The van der Waals surface area contributed by atoms with Gasteiger partial charge in [0.15, 0.2) is 5.96 Å². The summed E-state index contributed by atoms with van der Waals surface area (Å²) in [6.45, 7) is 10.2. The molecule has 2 rings (SSSR count). The Hall–Kier alpha value is -3.02. The van der Waals surface area contributed by atoms with Gasteiger partial charge in [0.25, 0.3) is 5.91 Å². The summed E-state index contributed by atoms with van der Waals surface area (Å²) < 4.78 is 5.95. The zero-order valence-corrected chi connectivity index (χ0v) is 18.7. The minimum absolute atomic E-state index is 0.0720. The third-order valence-electron chi connectivity index (χ3n) is 4.46. The zero-order valence-electron chi connectivity index (χ0n) is 18.7. The summed E-state index contributed by atoms with van der Waals surface area (Å²) in [5.41, 5.74) is 4.01. The van der Waals surface area contributed by atoms with Crippen LogP contribution in [0.15, 0.2) is 47.5 Å². The van der Waals surface area contributed by atoms with E-state index in [2.05, 4.69) is 41.1 Å². The van der Waals surface area contributed by atoms with Gasteiger partial charge in [-0.3, -0.25) is 4.79 Å². The lowest BCUT2D eigenvalue weighted by Crippen LogP contribution is -2.38. The highest BCUT2D eigenvalue weighted by Crippen LogP contribution is 2.22. The smallest absolute Gasteiger partial charge is 0.251 e. The Balaban J connectivity index is 2.01. The molecule has 6 heteroatoms. The Morgan fingerprint density at radius 1 is 1.13 bits per heavy atom. The molecule has 1 amide bonds. The van der Waals surface area contributed by atoms with Crippen molar-refractivity contribution in [3.8, 4) is 5.75 Å². The molecule has 0 aliphatic carbocycles. The number of rotatable bonds is 9. The van der Waals surface area contributed by atoms with Crippen LogP contribution in [-0.4, -0.2) is 38.1 Å². The standard InChI is InChI=1S/C24H34N4O2/c1-6-26-24(27-13-12-19-8-7-9-20(15-19)23(29)25-5)28-16-21-11-10-18(4)14-22(21)30-17(2)3/h7-11,14-15,17H,6,12-13,16H2,1-5H3,(H,25,29)(H2,26,27,28). The minimum atomic E-state index is -0.0720. The van der Waals surface area contributed by atoms with Crippen molar-refractivity contribution in [2.75, 3.05) is 20.1 Å². The van der Waals surface area contributed by atoms with Crippen LogP contribution < -0.4 is 20.7 Å². The number of carbonyl (C=O) groups excluding carboxylic acids is 1. The summed E-state index contributed by atoms with van der Waals surface area (Å²) in [6, 6.07) is 13.9. The highest BCUT2D eigenvalue weighted by Gasteiger charge is 2.07. The van der Waals surface area contributed by atoms with Gasteiger partial charge < -0.3 is 20.7 Å². The molecule has 0 saturated carbocycles. The van der Waals surface area contributed by atoms with Gasteiger partial charge in [-0.05, 0) is 63.4 Å². The first-order valence-electron chi connectivity index (χ1n) is 10.5. The van der Waals surface area contributed by atoms with Crippen molar-refractivity contribution >= 4 is 11.9 Å². The third kappa shape index (κ3) is 7.43. The molecule has 0 aliphatic rings. The Labute approximate surface area is 180 Å². The molecule has 0 spiro atoms. The second kappa shape index (κ2) is 11.9. The van der Waals surface area contributed by atoms with Crippen LogP contribution >= 0.6 is 0 Å². The van der Waals surface area contributed by atoms with E-state index in [4.69, 9.17) is 9.73 Å². The monoisotopic (exact) mass is 410 g/mol. The van der Waals surface area contributed by atoms with Crippen LogP contribution in [0.1, 0.15) is 47.8 Å². The van der Waals surface area contributed by atoms with E-state index in [9.17, 15) is 4.79 Å². The fraction of sp³-hybridized carbons (Fsp3) is 0.417. The number of amides is 1. The number of carbonyl (C=O) groups is 1. The third-order valence-corrected chi connectivity index (χ3v) is 4.46. The quantitative estimate of drug-likeness (QED) is 0.437. The number of aryl methyl sites for hydroxylation is 1. The topological polar surface area (TPSA) is 74.8 Å². The van der Waals surface area contributed by atoms with Gasteiger partial charge in [-0.15, -0.1) is 0 Å². The van der Waals surface area contributed by atoms with Crippen LogP contribution in [0, 0.1) is 6.92 Å². The first-order valence-corrected chi connectivity index (χ1v) is 10.5. The van der Waals surface area contributed by atoms with Crippen molar-refractivity contribution in [2.45, 2.75) is 46.8 Å². The summed E-state index contributed by atoms with van der Waals surface area (Å²) in [5.74, 6) is 1.57. The van der Waals surface area contributed by atoms with Gasteiger partial charge in [-0.1, -0.05) is 24.3 Å². The molecule has 2 aromatic rings. The number of hydrogen-bond acceptors (Lipinski definition) is 3. The van der Waals surface area contributed by atoms with Gasteiger partial charge in [0, 0.05) is 31.3 Å². The molecule has 30 heavy (non-hydrogen) atoms. The predicted octanol–water partition coefficient (Wildman–Crippen LogP) is 3.44. The fourth-order valence-corrected chi connectivity index (χ4v) is 3.00. The molecule has 2 aromatic carbocycles. The number of guanidine groups is 1. The van der Waals surface area contributed by atoms with Crippen molar-refractivity contribution in [3.63, 3.8) is 0 Å². The first-order chi connectivity index (χ1) is 14.4. The second-order valence-corrected chi connectivity index (χ2v) is 7.43. The van der Waals surface area contributed by atoms with E-state index in [0.717, 1.165) is 35.8 Å². The molecule has 0 atom stereocenters. The summed E-state index contributed by atoms with van der Waals surface area (Å²) in [7, 11) is 1.64. The van der Waals surface area contributed by atoms with Crippen molar-refractivity contribution in [1.29, 1.82) is 0 Å². The normalized spacial score (nSPS) is 11.3. The molecule has 0 fully saturated rings. The zero-order chi connectivity index (χ0) is 21.9. The van der Waals surface area contributed by atoms with Crippen LogP contribution in [0.5, 0.6) is 5.75 Å². The summed E-state index contributed by atoms with van der Waals surface area (Å²) in [6.07, 6.45) is 0.910. The largest absolute Gasteiger partial charge is 0.491 e. The molecule has 162 valence electrons. The van der Waals surface area contributed by atoms with Crippen molar-refractivity contribution in [3.05, 3.63) is 64.7 Å². The van der Waals surface area contributed by atoms with Gasteiger partial charge in [0.2, 0.25) is 0 Å². The number of ether oxygens (including phenoxy) is 1. The Morgan fingerprint density at radius 2 is 1.93 bits per heavy atom. The molecule has 0 saturated heterocycles. The number of benzene rings is 2. The van der Waals surface area contributed by atoms with Gasteiger partial charge in [-0.2, -0.15) is 0 Å². The number of nitrogens with zero attached hydrogens (tertiary/aromatic N) is 1. The molecular formula is C24H34N4O2. The lowest BCUT2D eigenvalue weighted by molar-refractivity contribution is 0.0963. The molecule has 0 heterocycles. The van der Waals surface area contributed by atoms with Gasteiger partial charge in [0.1, 0.15) is 5.75 Å². The lowest BCUT2D eigenvalue weighted by atomic mass is 10.1. The molecule has 3 N–H and O–H groups in total. The van der Waals surface area contributed by atoms with E-state index in [1.807, 2.05) is 45.0 Å². The highest BCUT2D eigenvalue weighted by atomic mass is 16.5. The first kappa shape index (κ1) is 23.3. The van der Waals surface area contributed by atoms with Crippen LogP contribution in [0.4, 0.5) is 0 Å². The minimum Gasteiger partial charge on any atom is -0.491 e. The summed E-state index contributed by atoms with van der Waals surface area (Å²) >= 11 is 0. The lowest BCUT2D eigenvalue weighted by Gasteiger charge is -2.15. The summed E-state index contributed by atoms with van der Waals surface area (Å²) in [5, 5.41) is 9.31. The van der Waals surface area contributed by atoms with Crippen molar-refractivity contribution in [1.82, 2.24) is 16.0 Å². The van der Waals surface area contributed by atoms with E-state index in [0.29, 0.717) is 18.7 Å². The molecule has 6 nitrogen and oxygen atoms in total. The second-order valence-electron chi connectivity index (χ2n) is 7.43. The average molecular weight is 411 g/mol. The van der Waals surface area contributed by atoms with E-state index < -0.39 is 0 Å². The maximum absolute atomic E-state index is 11.8. The molecule has 0 bridgehead atoms. The fourth-order valence-electron chi connectivity index (χ4n) is 3.00. The number of nitrogens with one attached hydrogen (secondary N) is 3. The van der Waals surface area contributed by atoms with Crippen LogP contribution in [-0.2, 0) is 13.0 Å². The molecule has 0 radical (unpaired) electrons. The van der Waals surface area contributed by atoms with Crippen LogP contribution in [0.25, 0.3) is 0 Å². The Bertz CT molecular complexity index is 862. The van der Waals surface area contributed by atoms with Crippen molar-refractivity contribution < 1.29 is 9.53 Å². The maximum atomic E-state index is 11.8. The van der Waals surface area contributed by atoms with Gasteiger partial charge >= 0.3 is 0 Å². The molecule has 0 aliphatic heterocycles. The number of aliphatic imine (C=N–C) groups is 1.